The number of ether oxygens (including phenoxy) is 1. The first kappa shape index (κ1) is 55.0. The maximum Gasteiger partial charge on any atom is 0.410 e. The zero-order valence-corrected chi connectivity index (χ0v) is 40.7. The number of pyridine rings is 1. The molecule has 10 N–H and O–H groups in total. The molecular weight excluding hydrogens is 938 g/mol. The molecule has 2 aliphatic rings. The number of benzene rings is 2. The average molecular weight is 1000 g/mol. The molecule has 2 saturated heterocycles. The molecule has 0 spiro atoms. The number of nitrogens with one attached hydrogen (secondary N) is 5. The van der Waals surface area contributed by atoms with Crippen LogP contribution in [0.5, 0.6) is 0 Å². The lowest BCUT2D eigenvalue weighted by Gasteiger charge is -2.35. The van der Waals surface area contributed by atoms with Gasteiger partial charge < -0.3 is 62.3 Å². The third-order valence-corrected chi connectivity index (χ3v) is 12.1. The van der Waals surface area contributed by atoms with E-state index in [1.807, 2.05) is 13.8 Å². The monoisotopic (exact) mass is 1000 g/mol. The van der Waals surface area contributed by atoms with Crippen molar-refractivity contribution in [3.8, 4) is 0 Å². The number of carboxylic acid groups (broad SMARTS) is 1. The fourth-order valence-electron chi connectivity index (χ4n) is 8.06. The maximum atomic E-state index is 15.4. The van der Waals surface area contributed by atoms with E-state index >= 15 is 4.39 Å². The number of carbonyl (C=O) groups excluding carboxylic acids is 7. The van der Waals surface area contributed by atoms with Gasteiger partial charge in [0.15, 0.2) is 0 Å². The van der Waals surface area contributed by atoms with Crippen molar-refractivity contribution >= 4 is 69.9 Å². The Labute approximate surface area is 415 Å². The van der Waals surface area contributed by atoms with Gasteiger partial charge in [0.25, 0.3) is 5.91 Å². The highest BCUT2D eigenvalue weighted by molar-refractivity contribution is 6.02. The summed E-state index contributed by atoms with van der Waals surface area (Å²) in [5.41, 5.74) is 12.2. The third kappa shape index (κ3) is 15.5. The van der Waals surface area contributed by atoms with Gasteiger partial charge in [0.2, 0.25) is 29.1 Å². The average Bonchev–Trinajstić information content (AvgIpc) is 3.67. The van der Waals surface area contributed by atoms with Crippen molar-refractivity contribution in [1.82, 2.24) is 35.6 Å². The molecule has 72 heavy (non-hydrogen) atoms. The lowest BCUT2D eigenvalue weighted by molar-refractivity contribution is -0.138. The number of halogens is 1. The molecule has 2 atom stereocenters. The third-order valence-electron chi connectivity index (χ3n) is 12.1. The van der Waals surface area contributed by atoms with Gasteiger partial charge in [0, 0.05) is 94.2 Å². The van der Waals surface area contributed by atoms with Gasteiger partial charge in [-0.2, -0.15) is 0 Å². The van der Waals surface area contributed by atoms with Crippen LogP contribution in [0.4, 0.5) is 25.4 Å². The van der Waals surface area contributed by atoms with Gasteiger partial charge in [-0.1, -0.05) is 44.6 Å². The Kier molecular flexibility index (Phi) is 20.1. The van der Waals surface area contributed by atoms with Gasteiger partial charge in [0.05, 0.1) is 23.8 Å². The predicted octanol–water partition coefficient (Wildman–Crippen LogP) is 2.60. The minimum absolute atomic E-state index is 0.0368. The zero-order chi connectivity index (χ0) is 52.5. The molecule has 1 aromatic heterocycles. The first-order valence-electron chi connectivity index (χ1n) is 23.8. The largest absolute Gasteiger partial charge is 0.477 e. The number of nitrogens with zero attached hydrogens (tertiary/aromatic N) is 4. The zero-order valence-electron chi connectivity index (χ0n) is 40.7. The number of hydrogen-bond donors (Lipinski definition) is 8. The van der Waals surface area contributed by atoms with E-state index in [2.05, 4.69) is 26.6 Å². The molecule has 3 heterocycles. The number of carbonyl (C=O) groups is 8. The number of amides is 8. The van der Waals surface area contributed by atoms with Crippen LogP contribution in [-0.4, -0.2) is 125 Å². The fourth-order valence-corrected chi connectivity index (χ4v) is 8.06. The molecule has 1 unspecified atom stereocenters. The van der Waals surface area contributed by atoms with Crippen molar-refractivity contribution in [1.29, 1.82) is 0 Å². The molecule has 3 aromatic rings. The quantitative estimate of drug-likeness (QED) is 0.0364. The Morgan fingerprint density at radius 3 is 2.24 bits per heavy atom. The van der Waals surface area contributed by atoms with E-state index in [1.54, 1.807) is 52.8 Å². The number of aromatic carboxylic acids is 1. The van der Waals surface area contributed by atoms with Crippen molar-refractivity contribution in [3.63, 3.8) is 0 Å². The number of rotatable bonds is 24. The number of aromatic nitrogens is 1. The summed E-state index contributed by atoms with van der Waals surface area (Å²) in [6, 6.07) is 6.82. The number of likely N-dealkylation sites (tertiary alicyclic amines) is 1. The van der Waals surface area contributed by atoms with Gasteiger partial charge in [-0.3, -0.25) is 33.7 Å². The smallest absolute Gasteiger partial charge is 0.410 e. The van der Waals surface area contributed by atoms with Crippen molar-refractivity contribution < 1.29 is 52.6 Å². The van der Waals surface area contributed by atoms with Crippen molar-refractivity contribution in [2.75, 3.05) is 56.0 Å². The summed E-state index contributed by atoms with van der Waals surface area (Å²) in [6.07, 6.45) is 8.03. The Balaban J connectivity index is 1.10. The van der Waals surface area contributed by atoms with Crippen LogP contribution in [0.25, 0.3) is 10.9 Å². The van der Waals surface area contributed by atoms with Crippen LogP contribution in [0.15, 0.2) is 71.4 Å². The number of primary amides is 1. The first-order valence-corrected chi connectivity index (χ1v) is 23.8. The van der Waals surface area contributed by atoms with Gasteiger partial charge in [-0.25, -0.2) is 18.8 Å². The highest BCUT2D eigenvalue weighted by Gasteiger charge is 2.29. The van der Waals surface area contributed by atoms with Crippen LogP contribution < -0.4 is 48.4 Å². The molecule has 5 rings (SSSR count). The molecule has 0 bridgehead atoms. The molecule has 0 saturated carbocycles. The Bertz CT molecular complexity index is 2590. The summed E-state index contributed by atoms with van der Waals surface area (Å²) in [5.74, 6) is -3.92. The van der Waals surface area contributed by atoms with E-state index < -0.39 is 58.8 Å². The Hall–Kier alpha value is -7.98. The molecule has 23 heteroatoms. The fraction of sp³-hybridized carbons (Fsp3) is 0.449. The number of piperazine rings is 1. The van der Waals surface area contributed by atoms with Gasteiger partial charge in [-0.15, -0.1) is 0 Å². The Morgan fingerprint density at radius 1 is 0.903 bits per heavy atom. The lowest BCUT2D eigenvalue weighted by Crippen LogP contribution is -2.49. The van der Waals surface area contributed by atoms with Crippen LogP contribution in [0.3, 0.4) is 0 Å². The normalized spacial score (nSPS) is 14.9. The summed E-state index contributed by atoms with van der Waals surface area (Å²) in [6.45, 7) is 6.95. The number of unbranched alkanes of at least 4 members (excludes halogenated alkanes) is 2. The molecule has 2 fully saturated rings. The van der Waals surface area contributed by atoms with Crippen molar-refractivity contribution in [3.05, 3.63) is 93.8 Å². The number of hydrogen-bond acceptors (Lipinski definition) is 13. The second-order valence-electron chi connectivity index (χ2n) is 17.6. The molecular formula is C49H64FN11O11. The van der Waals surface area contributed by atoms with Crippen LogP contribution in [-0.2, 0) is 41.9 Å². The number of imide groups is 1. The summed E-state index contributed by atoms with van der Waals surface area (Å²) in [7, 11) is 0. The lowest BCUT2D eigenvalue weighted by atomic mass is 10.0. The van der Waals surface area contributed by atoms with Crippen LogP contribution >= 0.6 is 0 Å². The van der Waals surface area contributed by atoms with Gasteiger partial charge >= 0.3 is 18.1 Å². The molecule has 2 aromatic carbocycles. The molecule has 8 amide bonds. The van der Waals surface area contributed by atoms with Crippen LogP contribution in [0.1, 0.15) is 81.6 Å². The minimum Gasteiger partial charge on any atom is -0.477 e. The SMILES string of the molecule is CCn1cc(C(=O)O)c(=O)c2cc(F)c(N3CCN(C(=O)OCc4ccc(NC(=O)C(/C=C/CCNC(N)=O)N/C=C(\N)[C@@H](NC(=O)CNC(=O)CCCCCN5C(=O)CCC5=O)C(C)C)cc4)CC3)cc21. The highest BCUT2D eigenvalue weighted by Crippen LogP contribution is 2.27. The number of anilines is 2. The van der Waals surface area contributed by atoms with E-state index in [-0.39, 0.29) is 106 Å². The topological polar surface area (TPSA) is 310 Å². The summed E-state index contributed by atoms with van der Waals surface area (Å²) in [5, 5.41) is 23.1. The van der Waals surface area contributed by atoms with Gasteiger partial charge in [0.1, 0.15) is 24.0 Å². The van der Waals surface area contributed by atoms with Crippen LogP contribution in [0.2, 0.25) is 0 Å². The van der Waals surface area contributed by atoms with Gasteiger partial charge in [-0.05, 0) is 61.9 Å². The summed E-state index contributed by atoms with van der Waals surface area (Å²) in [4.78, 5) is 116. The summed E-state index contributed by atoms with van der Waals surface area (Å²) >= 11 is 0. The summed E-state index contributed by atoms with van der Waals surface area (Å²) < 4.78 is 22.5. The van der Waals surface area contributed by atoms with E-state index in [0.717, 1.165) is 6.07 Å². The Morgan fingerprint density at radius 2 is 1.60 bits per heavy atom. The predicted molar refractivity (Wildman–Crippen MR) is 265 cm³/mol. The van der Waals surface area contributed by atoms with E-state index in [1.165, 1.54) is 28.3 Å². The molecule has 22 nitrogen and oxygen atoms in total. The van der Waals surface area contributed by atoms with E-state index in [0.29, 0.717) is 55.5 Å². The number of urea groups is 1. The molecule has 0 aliphatic carbocycles. The molecule has 388 valence electrons. The molecule has 0 radical (unpaired) electrons. The number of carboxylic acids is 1. The van der Waals surface area contributed by atoms with Crippen LogP contribution in [0, 0.1) is 11.7 Å². The van der Waals surface area contributed by atoms with Crippen molar-refractivity contribution in [2.24, 2.45) is 17.4 Å². The molecule has 2 aliphatic heterocycles. The number of nitrogens with two attached hydrogens (primary N) is 2. The first-order chi connectivity index (χ1) is 34.4. The maximum absolute atomic E-state index is 15.4. The second kappa shape index (κ2) is 26.3. The second-order valence-corrected chi connectivity index (χ2v) is 17.6. The highest BCUT2D eigenvalue weighted by atomic mass is 19.1. The van der Waals surface area contributed by atoms with E-state index in [4.69, 9.17) is 16.2 Å². The standard InChI is InChI=1S/C49H64FN11O11/c1-4-58-28-34(47(68)69)45(66)33-24-35(50)39(25-38(33)58)59-20-22-60(23-21-59)49(71)72-29-31-12-14-32(15-13-31)56-46(67)37(10-7-8-18-53-48(52)70)54-26-36(51)44(30(2)3)57-41(63)27-55-40(62)11-6-5-9-19-61-42(64)16-17-43(61)65/h7,10,12-15,24-26,28,30,37,44,54H,4-6,8-9,11,16-23,27,29,51H2,1-3H3,(H,55,62)(H,56,67)(H,57,63)(H,68,69)(H3,52,53,70)/b10-7+,36-26-/t37?,44-/m0/s1. The minimum atomic E-state index is -1.40. The van der Waals surface area contributed by atoms with E-state index in [9.17, 15) is 48.3 Å². The number of fused-ring (bicyclic) bond motifs is 1. The van der Waals surface area contributed by atoms with Crippen molar-refractivity contribution in [2.45, 2.75) is 91.0 Å². The number of aryl methyl sites for hydroxylation is 1.